The smallest absolute Gasteiger partial charge is 0.161 e. The van der Waals surface area contributed by atoms with Crippen LogP contribution in [0.5, 0.6) is 23.0 Å². The maximum Gasteiger partial charge on any atom is 0.161 e. The van der Waals surface area contributed by atoms with Crippen molar-refractivity contribution in [3.63, 3.8) is 0 Å². The first-order valence-electron chi connectivity index (χ1n) is 8.60. The third-order valence-electron chi connectivity index (χ3n) is 3.78. The first-order valence-corrected chi connectivity index (χ1v) is 8.60. The van der Waals surface area contributed by atoms with Crippen molar-refractivity contribution in [2.75, 3.05) is 40.6 Å². The molecule has 0 bridgehead atoms. The van der Waals surface area contributed by atoms with Gasteiger partial charge < -0.3 is 33.9 Å². The van der Waals surface area contributed by atoms with Gasteiger partial charge in [-0.05, 0) is 24.3 Å². The van der Waals surface area contributed by atoms with Gasteiger partial charge in [0.1, 0.15) is 25.4 Å². The summed E-state index contributed by atoms with van der Waals surface area (Å²) in [5.41, 5.74) is 0. The predicted molar refractivity (Wildman–Crippen MR) is 99.8 cm³/mol. The van der Waals surface area contributed by atoms with Crippen LogP contribution in [0.15, 0.2) is 48.5 Å². The summed E-state index contributed by atoms with van der Waals surface area (Å²) in [6.07, 6.45) is -1.26. The van der Waals surface area contributed by atoms with Gasteiger partial charge in [0.15, 0.2) is 23.0 Å². The van der Waals surface area contributed by atoms with E-state index in [1.54, 1.807) is 38.5 Å². The first-order chi connectivity index (χ1) is 13.2. The molecule has 7 heteroatoms. The summed E-state index contributed by atoms with van der Waals surface area (Å²) in [5, 5.41) is 19.1. The van der Waals surface area contributed by atoms with Gasteiger partial charge in [0.25, 0.3) is 0 Å². The lowest BCUT2D eigenvalue weighted by Crippen LogP contribution is -2.35. The highest BCUT2D eigenvalue weighted by Gasteiger charge is 2.18. The summed E-state index contributed by atoms with van der Waals surface area (Å²) in [4.78, 5) is 0. The van der Waals surface area contributed by atoms with E-state index in [1.807, 2.05) is 24.3 Å². The Morgan fingerprint density at radius 2 is 1.04 bits per heavy atom. The molecule has 7 nitrogen and oxygen atoms in total. The zero-order valence-corrected chi connectivity index (χ0v) is 15.5. The third-order valence-corrected chi connectivity index (χ3v) is 3.78. The zero-order valence-electron chi connectivity index (χ0n) is 15.5. The van der Waals surface area contributed by atoms with Gasteiger partial charge in [0.05, 0.1) is 27.4 Å². The summed E-state index contributed by atoms with van der Waals surface area (Å²) in [5.74, 6) is 2.28. The van der Waals surface area contributed by atoms with Gasteiger partial charge >= 0.3 is 0 Å². The average Bonchev–Trinajstić information content (AvgIpc) is 2.73. The topological polar surface area (TPSA) is 86.6 Å². The highest BCUT2D eigenvalue weighted by atomic mass is 16.6. The fourth-order valence-corrected chi connectivity index (χ4v) is 2.38. The van der Waals surface area contributed by atoms with Crippen molar-refractivity contribution in [1.29, 1.82) is 0 Å². The van der Waals surface area contributed by atoms with Crippen LogP contribution >= 0.6 is 0 Å². The van der Waals surface area contributed by atoms with Crippen molar-refractivity contribution in [2.45, 2.75) is 12.2 Å². The molecule has 2 aromatic carbocycles. The van der Waals surface area contributed by atoms with Gasteiger partial charge in [-0.3, -0.25) is 0 Å². The molecule has 0 spiro atoms. The molecule has 0 saturated carbocycles. The number of methoxy groups -OCH3 is 2. The number of rotatable bonds is 12. The van der Waals surface area contributed by atoms with E-state index in [2.05, 4.69) is 0 Å². The number of aliphatic hydroxyl groups is 2. The first kappa shape index (κ1) is 20.8. The molecule has 0 amide bonds. The van der Waals surface area contributed by atoms with Crippen molar-refractivity contribution in [3.05, 3.63) is 48.5 Å². The zero-order chi connectivity index (χ0) is 19.5. The van der Waals surface area contributed by atoms with E-state index in [1.165, 1.54) is 0 Å². The lowest BCUT2D eigenvalue weighted by atomic mass is 10.3. The van der Waals surface area contributed by atoms with E-state index in [-0.39, 0.29) is 26.4 Å². The standard InChI is InChI=1S/C20H26O7/c1-23-17-7-3-5-9-19(17)25-13-15(11-21)27-16(12-22)14-26-20-10-6-4-8-18(20)24-2/h3-10,15-16,21-22H,11-14H2,1-2H3. The molecule has 2 rings (SSSR count). The van der Waals surface area contributed by atoms with Gasteiger partial charge in [-0.15, -0.1) is 0 Å². The SMILES string of the molecule is COc1ccccc1OCC(CO)OC(CO)COc1ccccc1OC. The molecule has 2 atom stereocenters. The molecule has 0 aliphatic heterocycles. The molecule has 0 aliphatic carbocycles. The Morgan fingerprint density at radius 1 is 0.667 bits per heavy atom. The fourth-order valence-electron chi connectivity index (χ4n) is 2.38. The van der Waals surface area contributed by atoms with E-state index in [4.69, 9.17) is 23.7 Å². The molecular formula is C20H26O7. The van der Waals surface area contributed by atoms with E-state index >= 15 is 0 Å². The Balaban J connectivity index is 1.88. The summed E-state index contributed by atoms with van der Waals surface area (Å²) in [6.45, 7) is -0.329. The second kappa shape index (κ2) is 11.3. The molecule has 0 heterocycles. The van der Waals surface area contributed by atoms with Gasteiger partial charge in [0.2, 0.25) is 0 Å². The molecular weight excluding hydrogens is 352 g/mol. The van der Waals surface area contributed by atoms with E-state index in [0.717, 1.165) is 0 Å². The van der Waals surface area contributed by atoms with Crippen LogP contribution in [0.4, 0.5) is 0 Å². The molecule has 2 aromatic rings. The van der Waals surface area contributed by atoms with Crippen LogP contribution in [0.1, 0.15) is 0 Å². The Morgan fingerprint density at radius 3 is 1.37 bits per heavy atom. The monoisotopic (exact) mass is 378 g/mol. The van der Waals surface area contributed by atoms with E-state index in [0.29, 0.717) is 23.0 Å². The Kier molecular flexibility index (Phi) is 8.70. The van der Waals surface area contributed by atoms with E-state index in [9.17, 15) is 10.2 Å². The molecule has 0 radical (unpaired) electrons. The molecule has 2 N–H and O–H groups in total. The van der Waals surface area contributed by atoms with Crippen molar-refractivity contribution in [1.82, 2.24) is 0 Å². The van der Waals surface area contributed by atoms with Crippen molar-refractivity contribution >= 4 is 0 Å². The van der Waals surface area contributed by atoms with Crippen LogP contribution in [0.25, 0.3) is 0 Å². The number of para-hydroxylation sites is 4. The quantitative estimate of drug-likeness (QED) is 0.583. The summed E-state index contributed by atoms with van der Waals surface area (Å²) in [7, 11) is 3.11. The van der Waals surface area contributed by atoms with Crippen molar-refractivity contribution < 1.29 is 33.9 Å². The second-order valence-electron chi connectivity index (χ2n) is 5.67. The van der Waals surface area contributed by atoms with Crippen LogP contribution in [-0.2, 0) is 4.74 Å². The summed E-state index contributed by atoms with van der Waals surface area (Å²) < 4.78 is 27.5. The number of benzene rings is 2. The predicted octanol–water partition coefficient (Wildman–Crippen LogP) is 1.90. The lowest BCUT2D eigenvalue weighted by Gasteiger charge is -2.23. The van der Waals surface area contributed by atoms with Gasteiger partial charge in [-0.25, -0.2) is 0 Å². The highest BCUT2D eigenvalue weighted by Crippen LogP contribution is 2.27. The second-order valence-corrected chi connectivity index (χ2v) is 5.67. The number of ether oxygens (including phenoxy) is 5. The van der Waals surface area contributed by atoms with Gasteiger partial charge in [-0.2, -0.15) is 0 Å². The molecule has 2 unspecified atom stereocenters. The number of hydrogen-bond donors (Lipinski definition) is 2. The Hall–Kier alpha value is -2.48. The van der Waals surface area contributed by atoms with Crippen LogP contribution < -0.4 is 18.9 Å². The Bertz CT molecular complexity index is 619. The Labute approximate surface area is 159 Å². The van der Waals surface area contributed by atoms with Crippen LogP contribution in [0, 0.1) is 0 Å². The van der Waals surface area contributed by atoms with Gasteiger partial charge in [0, 0.05) is 0 Å². The molecule has 0 saturated heterocycles. The van der Waals surface area contributed by atoms with Crippen LogP contribution in [-0.4, -0.2) is 63.1 Å². The third kappa shape index (κ3) is 6.32. The summed E-state index contributed by atoms with van der Waals surface area (Å²) >= 11 is 0. The van der Waals surface area contributed by atoms with E-state index < -0.39 is 12.2 Å². The van der Waals surface area contributed by atoms with Crippen LogP contribution in [0.3, 0.4) is 0 Å². The summed E-state index contributed by atoms with van der Waals surface area (Å²) in [6, 6.07) is 14.4. The van der Waals surface area contributed by atoms with Gasteiger partial charge in [-0.1, -0.05) is 24.3 Å². The average molecular weight is 378 g/mol. The highest BCUT2D eigenvalue weighted by molar-refractivity contribution is 5.40. The number of aliphatic hydroxyl groups excluding tert-OH is 2. The lowest BCUT2D eigenvalue weighted by molar-refractivity contribution is -0.0891. The maximum atomic E-state index is 9.56. The minimum Gasteiger partial charge on any atom is -0.493 e. The fraction of sp³-hybridized carbons (Fsp3) is 0.400. The molecule has 27 heavy (non-hydrogen) atoms. The maximum absolute atomic E-state index is 9.56. The minimum absolute atomic E-state index is 0.0992. The number of hydrogen-bond acceptors (Lipinski definition) is 7. The van der Waals surface area contributed by atoms with Crippen LogP contribution in [0.2, 0.25) is 0 Å². The largest absolute Gasteiger partial charge is 0.493 e. The molecule has 0 aromatic heterocycles. The van der Waals surface area contributed by atoms with Crippen molar-refractivity contribution in [3.8, 4) is 23.0 Å². The molecule has 0 fully saturated rings. The van der Waals surface area contributed by atoms with Crippen molar-refractivity contribution in [2.24, 2.45) is 0 Å². The normalized spacial score (nSPS) is 12.9. The molecule has 0 aliphatic rings. The minimum atomic E-state index is -0.631. The molecule has 148 valence electrons.